The fourth-order valence-corrected chi connectivity index (χ4v) is 1.33. The van der Waals surface area contributed by atoms with Crippen LogP contribution in [-0.2, 0) is 0 Å². The molecule has 3 nitrogen and oxygen atoms in total. The molecule has 0 aliphatic carbocycles. The second kappa shape index (κ2) is 4.82. The molecule has 0 radical (unpaired) electrons. The molecule has 0 bridgehead atoms. The van der Waals surface area contributed by atoms with Gasteiger partial charge in [-0.15, -0.1) is 0 Å². The summed E-state index contributed by atoms with van der Waals surface area (Å²) >= 11 is 0. The van der Waals surface area contributed by atoms with Crippen LogP contribution in [0.25, 0.3) is 0 Å². The molecule has 3 heteroatoms. The molecule has 3 N–H and O–H groups in total. The SMILES string of the molecule is CCC(=N)c1cc(OC(C)C)ccc1N. The Morgan fingerprint density at radius 1 is 1.47 bits per heavy atom. The number of rotatable bonds is 4. The van der Waals surface area contributed by atoms with Gasteiger partial charge in [0, 0.05) is 17.0 Å². The van der Waals surface area contributed by atoms with Crippen molar-refractivity contribution in [1.29, 1.82) is 5.41 Å². The summed E-state index contributed by atoms with van der Waals surface area (Å²) in [6.45, 7) is 5.89. The largest absolute Gasteiger partial charge is 0.491 e. The quantitative estimate of drug-likeness (QED) is 0.588. The van der Waals surface area contributed by atoms with Crippen molar-refractivity contribution in [3.63, 3.8) is 0 Å². The molecule has 0 saturated carbocycles. The fraction of sp³-hybridized carbons (Fsp3) is 0.417. The lowest BCUT2D eigenvalue weighted by Crippen LogP contribution is -2.08. The van der Waals surface area contributed by atoms with E-state index >= 15 is 0 Å². The van der Waals surface area contributed by atoms with Crippen LogP contribution in [0, 0.1) is 5.41 Å². The van der Waals surface area contributed by atoms with E-state index in [4.69, 9.17) is 15.9 Å². The normalized spacial score (nSPS) is 10.4. The molecule has 0 aliphatic rings. The maximum atomic E-state index is 7.76. The zero-order valence-corrected chi connectivity index (χ0v) is 9.50. The van der Waals surface area contributed by atoms with Crippen molar-refractivity contribution >= 4 is 11.4 Å². The van der Waals surface area contributed by atoms with Gasteiger partial charge in [-0.2, -0.15) is 0 Å². The van der Waals surface area contributed by atoms with Crippen molar-refractivity contribution in [2.75, 3.05) is 5.73 Å². The molecule has 0 fully saturated rings. The summed E-state index contributed by atoms with van der Waals surface area (Å²) in [5.74, 6) is 0.771. The lowest BCUT2D eigenvalue weighted by Gasteiger charge is -2.12. The number of nitrogens with two attached hydrogens (primary N) is 1. The van der Waals surface area contributed by atoms with Gasteiger partial charge in [-0.1, -0.05) is 6.92 Å². The molecule has 0 heterocycles. The van der Waals surface area contributed by atoms with E-state index in [-0.39, 0.29) is 6.10 Å². The highest BCUT2D eigenvalue weighted by Crippen LogP contribution is 2.21. The third kappa shape index (κ3) is 2.98. The molecule has 0 saturated heterocycles. The van der Waals surface area contributed by atoms with Gasteiger partial charge in [0.2, 0.25) is 0 Å². The average molecular weight is 206 g/mol. The Kier molecular flexibility index (Phi) is 3.72. The molecule has 0 spiro atoms. The van der Waals surface area contributed by atoms with Crippen molar-refractivity contribution in [2.45, 2.75) is 33.3 Å². The molecule has 15 heavy (non-hydrogen) atoms. The van der Waals surface area contributed by atoms with Gasteiger partial charge in [-0.3, -0.25) is 0 Å². The zero-order valence-electron chi connectivity index (χ0n) is 9.50. The first-order chi connectivity index (χ1) is 7.04. The summed E-state index contributed by atoms with van der Waals surface area (Å²) in [5.41, 5.74) is 7.75. The first-order valence-corrected chi connectivity index (χ1v) is 5.18. The minimum atomic E-state index is 0.136. The van der Waals surface area contributed by atoms with Crippen LogP contribution in [0.1, 0.15) is 32.8 Å². The van der Waals surface area contributed by atoms with Gasteiger partial charge in [-0.05, 0) is 38.5 Å². The number of nitrogen functional groups attached to an aromatic ring is 1. The van der Waals surface area contributed by atoms with Gasteiger partial charge in [0.25, 0.3) is 0 Å². The lowest BCUT2D eigenvalue weighted by molar-refractivity contribution is 0.242. The van der Waals surface area contributed by atoms with E-state index in [1.54, 1.807) is 6.07 Å². The molecule has 0 amide bonds. The number of hydrogen-bond acceptors (Lipinski definition) is 3. The highest BCUT2D eigenvalue weighted by atomic mass is 16.5. The summed E-state index contributed by atoms with van der Waals surface area (Å²) in [7, 11) is 0. The van der Waals surface area contributed by atoms with Crippen LogP contribution in [0.2, 0.25) is 0 Å². The van der Waals surface area contributed by atoms with Crippen molar-refractivity contribution in [3.05, 3.63) is 23.8 Å². The van der Waals surface area contributed by atoms with Crippen LogP contribution >= 0.6 is 0 Å². The summed E-state index contributed by atoms with van der Waals surface area (Å²) in [5, 5.41) is 7.76. The fourth-order valence-electron chi connectivity index (χ4n) is 1.33. The Hall–Kier alpha value is -1.51. The van der Waals surface area contributed by atoms with E-state index in [2.05, 4.69) is 0 Å². The van der Waals surface area contributed by atoms with Gasteiger partial charge in [0.1, 0.15) is 5.75 Å². The third-order valence-corrected chi connectivity index (χ3v) is 2.08. The van der Waals surface area contributed by atoms with Gasteiger partial charge >= 0.3 is 0 Å². The van der Waals surface area contributed by atoms with E-state index in [1.807, 2.05) is 32.9 Å². The predicted octanol–water partition coefficient (Wildman–Crippen LogP) is 2.83. The topological polar surface area (TPSA) is 59.1 Å². The van der Waals surface area contributed by atoms with Gasteiger partial charge in [-0.25, -0.2) is 0 Å². The summed E-state index contributed by atoms with van der Waals surface area (Å²) < 4.78 is 5.55. The molecule has 82 valence electrons. The van der Waals surface area contributed by atoms with Crippen LogP contribution in [0.5, 0.6) is 5.75 Å². The standard InChI is InChI=1S/C12H18N2O/c1-4-11(13)10-7-9(15-8(2)3)5-6-12(10)14/h5-8,13H,4,14H2,1-3H3. The van der Waals surface area contributed by atoms with E-state index in [1.165, 1.54) is 0 Å². The van der Waals surface area contributed by atoms with Crippen LogP contribution < -0.4 is 10.5 Å². The highest BCUT2D eigenvalue weighted by Gasteiger charge is 2.06. The van der Waals surface area contributed by atoms with Crippen molar-refractivity contribution in [3.8, 4) is 5.75 Å². The summed E-state index contributed by atoms with van der Waals surface area (Å²) in [6.07, 6.45) is 0.812. The monoisotopic (exact) mass is 206 g/mol. The van der Waals surface area contributed by atoms with Crippen molar-refractivity contribution in [2.24, 2.45) is 0 Å². The van der Waals surface area contributed by atoms with Crippen molar-refractivity contribution < 1.29 is 4.74 Å². The van der Waals surface area contributed by atoms with Gasteiger partial charge in [0.15, 0.2) is 0 Å². The Bertz CT molecular complexity index is 359. The van der Waals surface area contributed by atoms with E-state index < -0.39 is 0 Å². The maximum absolute atomic E-state index is 7.76. The van der Waals surface area contributed by atoms with Gasteiger partial charge in [0.05, 0.1) is 6.10 Å². The first kappa shape index (κ1) is 11.6. The maximum Gasteiger partial charge on any atom is 0.120 e. The molecule has 1 aromatic carbocycles. The number of anilines is 1. The Morgan fingerprint density at radius 2 is 2.13 bits per heavy atom. The van der Waals surface area contributed by atoms with Crippen molar-refractivity contribution in [1.82, 2.24) is 0 Å². The summed E-state index contributed by atoms with van der Waals surface area (Å²) in [6, 6.07) is 5.46. The Balaban J connectivity index is 3.00. The van der Waals surface area contributed by atoms with Crippen LogP contribution in [0.15, 0.2) is 18.2 Å². The minimum absolute atomic E-state index is 0.136. The minimum Gasteiger partial charge on any atom is -0.491 e. The van der Waals surface area contributed by atoms with Crippen LogP contribution in [0.4, 0.5) is 5.69 Å². The number of hydrogen-bond donors (Lipinski definition) is 2. The smallest absolute Gasteiger partial charge is 0.120 e. The predicted molar refractivity (Wildman–Crippen MR) is 63.7 cm³/mol. The second-order valence-corrected chi connectivity index (χ2v) is 3.75. The molecule has 0 atom stereocenters. The Morgan fingerprint density at radius 3 is 2.67 bits per heavy atom. The van der Waals surface area contributed by atoms with E-state index in [0.717, 1.165) is 11.3 Å². The molecule has 1 aromatic rings. The molecular formula is C12H18N2O. The number of ether oxygens (including phenoxy) is 1. The second-order valence-electron chi connectivity index (χ2n) is 3.75. The molecule has 0 aromatic heterocycles. The molecular weight excluding hydrogens is 188 g/mol. The van der Waals surface area contributed by atoms with Crippen LogP contribution in [0.3, 0.4) is 0 Å². The van der Waals surface area contributed by atoms with Crippen LogP contribution in [-0.4, -0.2) is 11.8 Å². The average Bonchev–Trinajstić information content (AvgIpc) is 2.19. The highest BCUT2D eigenvalue weighted by molar-refractivity contribution is 6.02. The number of nitrogens with one attached hydrogen (secondary N) is 1. The third-order valence-electron chi connectivity index (χ3n) is 2.08. The molecule has 0 aliphatic heterocycles. The van der Waals surface area contributed by atoms with E-state index in [0.29, 0.717) is 17.8 Å². The summed E-state index contributed by atoms with van der Waals surface area (Å²) in [4.78, 5) is 0. The Labute approximate surface area is 90.8 Å². The first-order valence-electron chi connectivity index (χ1n) is 5.18. The van der Waals surface area contributed by atoms with E-state index in [9.17, 15) is 0 Å². The van der Waals surface area contributed by atoms with Gasteiger partial charge < -0.3 is 15.9 Å². The molecule has 0 unspecified atom stereocenters. The zero-order chi connectivity index (χ0) is 11.4. The lowest BCUT2D eigenvalue weighted by atomic mass is 10.1. The molecule has 1 rings (SSSR count). The number of benzene rings is 1.